The molecule has 2 nitrogen and oxygen atoms in total. The zero-order chi connectivity index (χ0) is 13.6. The summed E-state index contributed by atoms with van der Waals surface area (Å²) in [4.78, 5) is 1.40. The number of nitrogens with two attached hydrogens (primary N) is 1. The number of halogens is 3. The first-order valence-electron chi connectivity index (χ1n) is 6.03. The van der Waals surface area contributed by atoms with Crippen LogP contribution in [0.1, 0.15) is 18.9 Å². The highest BCUT2D eigenvalue weighted by molar-refractivity contribution is 5.14. The van der Waals surface area contributed by atoms with Crippen molar-refractivity contribution in [1.29, 1.82) is 0 Å². The van der Waals surface area contributed by atoms with Crippen LogP contribution in [0.2, 0.25) is 0 Å². The predicted molar refractivity (Wildman–Crippen MR) is 66.0 cm³/mol. The highest BCUT2D eigenvalue weighted by Crippen LogP contribution is 2.25. The molecule has 1 aromatic rings. The van der Waals surface area contributed by atoms with Gasteiger partial charge in [0.1, 0.15) is 6.04 Å². The Hall–Kier alpha value is -1.07. The summed E-state index contributed by atoms with van der Waals surface area (Å²) in [6, 6.07) is 7.57. The minimum atomic E-state index is -4.28. The molecule has 1 atom stereocenters. The largest absolute Gasteiger partial charge is 0.405 e. The summed E-state index contributed by atoms with van der Waals surface area (Å²) >= 11 is 0. The van der Waals surface area contributed by atoms with Gasteiger partial charge in [-0.25, -0.2) is 0 Å². The van der Waals surface area contributed by atoms with Crippen molar-refractivity contribution in [2.45, 2.75) is 32.1 Å². The van der Waals surface area contributed by atoms with Gasteiger partial charge in [0.25, 0.3) is 0 Å². The van der Waals surface area contributed by atoms with Gasteiger partial charge >= 0.3 is 6.18 Å². The summed E-state index contributed by atoms with van der Waals surface area (Å²) in [6.45, 7) is 2.12. The summed E-state index contributed by atoms with van der Waals surface area (Å²) in [5.74, 6) is 0. The monoisotopic (exact) mass is 260 g/mol. The lowest BCUT2D eigenvalue weighted by molar-refractivity contribution is -0.182. The van der Waals surface area contributed by atoms with Crippen LogP contribution in [0.15, 0.2) is 30.3 Å². The quantitative estimate of drug-likeness (QED) is 0.852. The van der Waals surface area contributed by atoms with E-state index in [4.69, 9.17) is 5.73 Å². The lowest BCUT2D eigenvalue weighted by Crippen LogP contribution is -2.50. The van der Waals surface area contributed by atoms with Crippen LogP contribution in [0.3, 0.4) is 0 Å². The molecule has 0 heterocycles. The molecular weight excluding hydrogens is 241 g/mol. The number of benzene rings is 1. The molecular formula is C13H19F3N2. The second-order valence-corrected chi connectivity index (χ2v) is 4.25. The van der Waals surface area contributed by atoms with Crippen molar-refractivity contribution in [3.63, 3.8) is 0 Å². The molecule has 5 heteroatoms. The fraction of sp³-hybridized carbons (Fsp3) is 0.538. The summed E-state index contributed by atoms with van der Waals surface area (Å²) in [5, 5.41) is 0. The molecule has 2 N–H and O–H groups in total. The van der Waals surface area contributed by atoms with Crippen LogP contribution in [0, 0.1) is 0 Å². The molecule has 0 fully saturated rings. The van der Waals surface area contributed by atoms with E-state index in [-0.39, 0.29) is 6.54 Å². The molecule has 0 aromatic heterocycles. The minimum Gasteiger partial charge on any atom is -0.329 e. The van der Waals surface area contributed by atoms with Crippen molar-refractivity contribution in [2.24, 2.45) is 5.73 Å². The Kier molecular flexibility index (Phi) is 5.62. The molecule has 18 heavy (non-hydrogen) atoms. The van der Waals surface area contributed by atoms with Gasteiger partial charge in [-0.05, 0) is 18.5 Å². The van der Waals surface area contributed by atoms with Crippen molar-refractivity contribution in [3.05, 3.63) is 35.9 Å². The van der Waals surface area contributed by atoms with Crippen LogP contribution in [-0.4, -0.2) is 30.2 Å². The number of rotatable bonds is 6. The predicted octanol–water partition coefficient (Wildman–Crippen LogP) is 2.79. The van der Waals surface area contributed by atoms with E-state index in [1.165, 1.54) is 4.90 Å². The molecule has 0 saturated carbocycles. The lowest BCUT2D eigenvalue weighted by Gasteiger charge is -2.32. The highest BCUT2D eigenvalue weighted by atomic mass is 19.4. The summed E-state index contributed by atoms with van der Waals surface area (Å²) in [6.07, 6.45) is -3.61. The fourth-order valence-electron chi connectivity index (χ4n) is 1.94. The molecule has 0 spiro atoms. The number of nitrogens with zero attached hydrogens (tertiary/aromatic N) is 1. The van der Waals surface area contributed by atoms with Crippen LogP contribution in [0.4, 0.5) is 13.2 Å². The van der Waals surface area contributed by atoms with E-state index in [1.54, 1.807) is 0 Å². The maximum atomic E-state index is 12.9. The maximum absolute atomic E-state index is 12.9. The van der Waals surface area contributed by atoms with Gasteiger partial charge in [-0.2, -0.15) is 13.2 Å². The average molecular weight is 260 g/mol. The minimum absolute atomic E-state index is 0.274. The summed E-state index contributed by atoms with van der Waals surface area (Å²) in [7, 11) is 0. The molecule has 0 saturated heterocycles. The van der Waals surface area contributed by atoms with Crippen molar-refractivity contribution >= 4 is 0 Å². The fourth-order valence-corrected chi connectivity index (χ4v) is 1.94. The Labute approximate surface area is 106 Å². The molecule has 0 unspecified atom stereocenters. The van der Waals surface area contributed by atoms with E-state index in [9.17, 15) is 13.2 Å². The van der Waals surface area contributed by atoms with Gasteiger partial charge in [0, 0.05) is 13.1 Å². The SMILES string of the molecule is CCCN(Cc1ccccc1)[C@@H](CN)C(F)(F)F. The van der Waals surface area contributed by atoms with Crippen molar-refractivity contribution in [3.8, 4) is 0 Å². The molecule has 102 valence electrons. The van der Waals surface area contributed by atoms with E-state index >= 15 is 0 Å². The third-order valence-corrected chi connectivity index (χ3v) is 2.78. The normalized spacial score (nSPS) is 13.9. The van der Waals surface area contributed by atoms with Gasteiger partial charge in [-0.3, -0.25) is 4.90 Å². The Morgan fingerprint density at radius 3 is 2.28 bits per heavy atom. The first kappa shape index (κ1) is 15.0. The van der Waals surface area contributed by atoms with Gasteiger partial charge in [0.2, 0.25) is 0 Å². The molecule has 0 radical (unpaired) electrons. The Bertz CT molecular complexity index is 338. The summed E-state index contributed by atoms with van der Waals surface area (Å²) < 4.78 is 38.6. The van der Waals surface area contributed by atoms with Crippen LogP contribution >= 0.6 is 0 Å². The zero-order valence-electron chi connectivity index (χ0n) is 10.5. The first-order valence-corrected chi connectivity index (χ1v) is 6.03. The third kappa shape index (κ3) is 4.31. The second-order valence-electron chi connectivity index (χ2n) is 4.25. The van der Waals surface area contributed by atoms with Gasteiger partial charge < -0.3 is 5.73 Å². The van der Waals surface area contributed by atoms with E-state index in [2.05, 4.69) is 0 Å². The smallest absolute Gasteiger partial charge is 0.329 e. The number of hydrogen-bond acceptors (Lipinski definition) is 2. The zero-order valence-corrected chi connectivity index (χ0v) is 10.5. The van der Waals surface area contributed by atoms with Gasteiger partial charge in [0.05, 0.1) is 0 Å². The second kappa shape index (κ2) is 6.75. The van der Waals surface area contributed by atoms with Crippen LogP contribution in [0.5, 0.6) is 0 Å². The first-order chi connectivity index (χ1) is 8.49. The Morgan fingerprint density at radius 1 is 1.22 bits per heavy atom. The van der Waals surface area contributed by atoms with Gasteiger partial charge in [-0.1, -0.05) is 37.3 Å². The third-order valence-electron chi connectivity index (χ3n) is 2.78. The van der Waals surface area contributed by atoms with Crippen LogP contribution in [0.25, 0.3) is 0 Å². The van der Waals surface area contributed by atoms with E-state index < -0.39 is 18.8 Å². The Morgan fingerprint density at radius 2 is 1.83 bits per heavy atom. The molecule has 0 amide bonds. The van der Waals surface area contributed by atoms with Gasteiger partial charge in [0.15, 0.2) is 0 Å². The van der Waals surface area contributed by atoms with E-state index in [0.29, 0.717) is 13.0 Å². The van der Waals surface area contributed by atoms with Crippen molar-refractivity contribution in [2.75, 3.05) is 13.1 Å². The molecule has 0 aliphatic rings. The van der Waals surface area contributed by atoms with Gasteiger partial charge in [-0.15, -0.1) is 0 Å². The Balaban J connectivity index is 2.81. The highest BCUT2D eigenvalue weighted by Gasteiger charge is 2.42. The molecule has 1 aromatic carbocycles. The van der Waals surface area contributed by atoms with E-state index in [1.807, 2.05) is 37.3 Å². The number of hydrogen-bond donors (Lipinski definition) is 1. The molecule has 0 aliphatic carbocycles. The van der Waals surface area contributed by atoms with E-state index in [0.717, 1.165) is 5.56 Å². The molecule has 0 bridgehead atoms. The lowest BCUT2D eigenvalue weighted by atomic mass is 10.1. The number of alkyl halides is 3. The molecule has 1 rings (SSSR count). The average Bonchev–Trinajstić information content (AvgIpc) is 2.29. The van der Waals surface area contributed by atoms with Crippen molar-refractivity contribution < 1.29 is 13.2 Å². The maximum Gasteiger partial charge on any atom is 0.405 e. The van der Waals surface area contributed by atoms with Crippen molar-refractivity contribution in [1.82, 2.24) is 4.90 Å². The summed E-state index contributed by atoms with van der Waals surface area (Å²) in [5.41, 5.74) is 6.15. The van der Waals surface area contributed by atoms with Crippen LogP contribution in [-0.2, 0) is 6.54 Å². The van der Waals surface area contributed by atoms with Crippen LogP contribution < -0.4 is 5.73 Å². The molecule has 0 aliphatic heterocycles. The standard InChI is InChI=1S/C13H19F3N2/c1-2-8-18(12(9-17)13(14,15)16)10-11-6-4-3-5-7-11/h3-7,12H,2,8-10,17H2,1H3/t12-/m0/s1. The topological polar surface area (TPSA) is 29.3 Å².